The van der Waals surface area contributed by atoms with E-state index in [4.69, 9.17) is 5.11 Å². The summed E-state index contributed by atoms with van der Waals surface area (Å²) >= 11 is 0. The second-order valence-electron chi connectivity index (χ2n) is 4.06. The molecular weight excluding hydrogens is 240 g/mol. The van der Waals surface area contributed by atoms with Gasteiger partial charge in [0.2, 0.25) is 0 Å². The standard InChI is InChI=1S/C10H16N4O4/c1-10(18,8(15)16)6-12-9(17)11-5-7-3-4-13-14(7)2/h3-4,18H,5-6H2,1-2H3,(H,15,16)(H2,11,12,17). The number of carbonyl (C=O) groups excluding carboxylic acids is 1. The van der Waals surface area contributed by atoms with Crippen LogP contribution in [0.5, 0.6) is 0 Å². The fourth-order valence-electron chi connectivity index (χ4n) is 1.14. The number of rotatable bonds is 5. The molecule has 1 atom stereocenters. The van der Waals surface area contributed by atoms with Gasteiger partial charge in [-0.25, -0.2) is 9.59 Å². The van der Waals surface area contributed by atoms with Crippen molar-refractivity contribution >= 4 is 12.0 Å². The summed E-state index contributed by atoms with van der Waals surface area (Å²) in [5.41, 5.74) is -1.18. The van der Waals surface area contributed by atoms with Gasteiger partial charge in [0, 0.05) is 13.2 Å². The van der Waals surface area contributed by atoms with Crippen molar-refractivity contribution < 1.29 is 19.8 Å². The zero-order valence-electron chi connectivity index (χ0n) is 10.2. The molecule has 1 heterocycles. The quantitative estimate of drug-likeness (QED) is 0.542. The molecule has 1 aromatic rings. The van der Waals surface area contributed by atoms with Crippen LogP contribution < -0.4 is 10.6 Å². The molecule has 1 rings (SSSR count). The number of aromatic nitrogens is 2. The summed E-state index contributed by atoms with van der Waals surface area (Å²) in [4.78, 5) is 22.0. The number of hydrogen-bond acceptors (Lipinski definition) is 4. The first-order valence-corrected chi connectivity index (χ1v) is 5.27. The maximum absolute atomic E-state index is 11.4. The van der Waals surface area contributed by atoms with E-state index in [0.717, 1.165) is 12.6 Å². The lowest BCUT2D eigenvalue weighted by atomic mass is 10.1. The summed E-state index contributed by atoms with van der Waals surface area (Å²) in [6, 6.07) is 1.19. The molecule has 0 aliphatic carbocycles. The van der Waals surface area contributed by atoms with Gasteiger partial charge in [-0.3, -0.25) is 4.68 Å². The molecule has 0 saturated heterocycles. The smallest absolute Gasteiger partial charge is 0.337 e. The Morgan fingerprint density at radius 3 is 2.67 bits per heavy atom. The number of nitrogens with zero attached hydrogens (tertiary/aromatic N) is 2. The van der Waals surface area contributed by atoms with Gasteiger partial charge < -0.3 is 20.8 Å². The lowest BCUT2D eigenvalue weighted by Gasteiger charge is -2.18. The van der Waals surface area contributed by atoms with Crippen molar-refractivity contribution in [2.75, 3.05) is 6.54 Å². The molecule has 18 heavy (non-hydrogen) atoms. The van der Waals surface area contributed by atoms with Gasteiger partial charge in [0.05, 0.1) is 18.8 Å². The Morgan fingerprint density at radius 2 is 2.17 bits per heavy atom. The molecule has 2 amide bonds. The van der Waals surface area contributed by atoms with Crippen molar-refractivity contribution in [1.29, 1.82) is 0 Å². The number of nitrogens with one attached hydrogen (secondary N) is 2. The highest BCUT2D eigenvalue weighted by molar-refractivity contribution is 5.79. The summed E-state index contributed by atoms with van der Waals surface area (Å²) in [7, 11) is 1.74. The predicted molar refractivity (Wildman–Crippen MR) is 61.7 cm³/mol. The molecular formula is C10H16N4O4. The topological polar surface area (TPSA) is 116 Å². The third-order valence-corrected chi connectivity index (χ3v) is 2.41. The average molecular weight is 256 g/mol. The van der Waals surface area contributed by atoms with Crippen molar-refractivity contribution in [1.82, 2.24) is 20.4 Å². The van der Waals surface area contributed by atoms with E-state index in [1.165, 1.54) is 0 Å². The second-order valence-corrected chi connectivity index (χ2v) is 4.06. The molecule has 0 saturated carbocycles. The monoisotopic (exact) mass is 256 g/mol. The first-order valence-electron chi connectivity index (χ1n) is 5.27. The normalized spacial score (nSPS) is 13.7. The van der Waals surface area contributed by atoms with Crippen molar-refractivity contribution in [2.45, 2.75) is 19.1 Å². The van der Waals surface area contributed by atoms with E-state index >= 15 is 0 Å². The fourth-order valence-corrected chi connectivity index (χ4v) is 1.14. The maximum Gasteiger partial charge on any atom is 0.337 e. The summed E-state index contributed by atoms with van der Waals surface area (Å²) < 4.78 is 1.60. The minimum Gasteiger partial charge on any atom is -0.479 e. The van der Waals surface area contributed by atoms with Gasteiger partial charge in [0.15, 0.2) is 5.60 Å². The minimum atomic E-state index is -1.98. The van der Waals surface area contributed by atoms with Gasteiger partial charge in [-0.1, -0.05) is 0 Å². The molecule has 8 heteroatoms. The Kier molecular flexibility index (Phi) is 4.27. The van der Waals surface area contributed by atoms with Crippen LogP contribution in [0.2, 0.25) is 0 Å². The largest absolute Gasteiger partial charge is 0.479 e. The SMILES string of the molecule is Cn1nccc1CNC(=O)NCC(C)(O)C(=O)O. The minimum absolute atomic E-state index is 0.261. The molecule has 0 aromatic carbocycles. The second kappa shape index (κ2) is 5.50. The van der Waals surface area contributed by atoms with Crippen molar-refractivity contribution in [3.63, 3.8) is 0 Å². The molecule has 8 nitrogen and oxygen atoms in total. The molecule has 0 aliphatic rings. The van der Waals surface area contributed by atoms with Gasteiger partial charge >= 0.3 is 12.0 Å². The molecule has 1 unspecified atom stereocenters. The van der Waals surface area contributed by atoms with E-state index < -0.39 is 17.6 Å². The third kappa shape index (κ3) is 3.74. The lowest BCUT2D eigenvalue weighted by Crippen LogP contribution is -2.49. The van der Waals surface area contributed by atoms with Crippen LogP contribution in [-0.4, -0.2) is 44.1 Å². The van der Waals surface area contributed by atoms with Gasteiger partial charge in [-0.15, -0.1) is 0 Å². The Labute approximate surface area is 104 Å². The molecule has 1 aromatic heterocycles. The van der Waals surface area contributed by atoms with Crippen LogP contribution in [0, 0.1) is 0 Å². The Morgan fingerprint density at radius 1 is 1.50 bits per heavy atom. The van der Waals surface area contributed by atoms with Gasteiger partial charge in [-0.05, 0) is 13.0 Å². The molecule has 0 spiro atoms. The number of carboxylic acids is 1. The molecule has 4 N–H and O–H groups in total. The van der Waals surface area contributed by atoms with Crippen LogP contribution in [0.4, 0.5) is 4.79 Å². The highest BCUT2D eigenvalue weighted by atomic mass is 16.4. The fraction of sp³-hybridized carbons (Fsp3) is 0.500. The third-order valence-electron chi connectivity index (χ3n) is 2.41. The van der Waals surface area contributed by atoms with Crippen molar-refractivity contribution in [3.05, 3.63) is 18.0 Å². The molecule has 0 aliphatic heterocycles. The van der Waals surface area contributed by atoms with Crippen LogP contribution in [0.1, 0.15) is 12.6 Å². The van der Waals surface area contributed by atoms with E-state index in [-0.39, 0.29) is 13.1 Å². The zero-order chi connectivity index (χ0) is 13.8. The number of amides is 2. The summed E-state index contributed by atoms with van der Waals surface area (Å²) in [6.45, 7) is 0.994. The average Bonchev–Trinajstić information content (AvgIpc) is 2.69. The molecule has 0 radical (unpaired) electrons. The number of carbonyl (C=O) groups is 2. The summed E-state index contributed by atoms with van der Waals surface area (Å²) in [5, 5.41) is 26.7. The maximum atomic E-state index is 11.4. The Hall–Kier alpha value is -2.09. The number of aliphatic carboxylic acids is 1. The molecule has 0 bridgehead atoms. The first-order chi connectivity index (χ1) is 8.33. The van der Waals surface area contributed by atoms with Crippen LogP contribution in [-0.2, 0) is 18.4 Å². The summed E-state index contributed by atoms with van der Waals surface area (Å²) in [5.74, 6) is -1.39. The van der Waals surface area contributed by atoms with E-state index in [1.807, 2.05) is 0 Å². The highest BCUT2D eigenvalue weighted by Gasteiger charge is 2.30. The van der Waals surface area contributed by atoms with E-state index in [2.05, 4.69) is 15.7 Å². The van der Waals surface area contributed by atoms with Gasteiger partial charge in [-0.2, -0.15) is 5.10 Å². The summed E-state index contributed by atoms with van der Waals surface area (Å²) in [6.07, 6.45) is 1.60. The van der Waals surface area contributed by atoms with Gasteiger partial charge in [0.1, 0.15) is 0 Å². The van der Waals surface area contributed by atoms with Crippen molar-refractivity contribution in [3.8, 4) is 0 Å². The number of urea groups is 1. The Balaban J connectivity index is 2.35. The van der Waals surface area contributed by atoms with Crippen LogP contribution >= 0.6 is 0 Å². The number of hydrogen-bond donors (Lipinski definition) is 4. The number of aryl methyl sites for hydroxylation is 1. The van der Waals surface area contributed by atoms with E-state index in [0.29, 0.717) is 0 Å². The van der Waals surface area contributed by atoms with E-state index in [1.54, 1.807) is 24.0 Å². The van der Waals surface area contributed by atoms with Crippen LogP contribution in [0.3, 0.4) is 0 Å². The van der Waals surface area contributed by atoms with Gasteiger partial charge in [0.25, 0.3) is 0 Å². The van der Waals surface area contributed by atoms with E-state index in [9.17, 15) is 14.7 Å². The highest BCUT2D eigenvalue weighted by Crippen LogP contribution is 2.00. The van der Waals surface area contributed by atoms with Crippen LogP contribution in [0.25, 0.3) is 0 Å². The molecule has 0 fully saturated rings. The zero-order valence-corrected chi connectivity index (χ0v) is 10.2. The number of carboxylic acid groups (broad SMARTS) is 1. The first kappa shape index (κ1) is 14.0. The predicted octanol–water partition coefficient (Wildman–Crippen LogP) is -0.945. The van der Waals surface area contributed by atoms with Crippen LogP contribution in [0.15, 0.2) is 12.3 Å². The lowest BCUT2D eigenvalue weighted by molar-refractivity contribution is -0.155. The number of aliphatic hydroxyl groups is 1. The molecule has 100 valence electrons. The van der Waals surface area contributed by atoms with Crippen molar-refractivity contribution in [2.24, 2.45) is 7.05 Å². The Bertz CT molecular complexity index is 441.